The first-order valence-electron chi connectivity index (χ1n) is 4.69. The van der Waals surface area contributed by atoms with Gasteiger partial charge in [0.25, 0.3) is 0 Å². The van der Waals surface area contributed by atoms with Crippen molar-refractivity contribution >= 4 is 33.6 Å². The fourth-order valence-corrected chi connectivity index (χ4v) is 2.02. The van der Waals surface area contributed by atoms with Crippen LogP contribution in [0.5, 0.6) is 0 Å². The van der Waals surface area contributed by atoms with Gasteiger partial charge in [0.1, 0.15) is 10.1 Å². The molecule has 0 aliphatic heterocycles. The summed E-state index contributed by atoms with van der Waals surface area (Å²) in [4.78, 5) is 11.9. The topological polar surface area (TPSA) is 50.7 Å². The summed E-state index contributed by atoms with van der Waals surface area (Å²) >= 11 is 4.44. The molecule has 0 aliphatic carbocycles. The molecule has 0 spiro atoms. The lowest BCUT2D eigenvalue weighted by Crippen LogP contribution is -1.99. The largest absolute Gasteiger partial charge is 0.357 e. The van der Waals surface area contributed by atoms with E-state index in [2.05, 4.69) is 36.2 Å². The molecular weight excluding hydrogens is 307 g/mol. The summed E-state index contributed by atoms with van der Waals surface area (Å²) in [6.45, 7) is 0. The second-order valence-electron chi connectivity index (χ2n) is 3.01. The van der Waals surface area contributed by atoms with Crippen LogP contribution in [0.1, 0.15) is 0 Å². The molecule has 0 saturated heterocycles. The zero-order valence-corrected chi connectivity index (χ0v) is 11.2. The molecular formula is C10H8BrFN4S. The van der Waals surface area contributed by atoms with Crippen molar-refractivity contribution < 1.29 is 4.39 Å². The van der Waals surface area contributed by atoms with Crippen LogP contribution in [0.3, 0.4) is 0 Å². The summed E-state index contributed by atoms with van der Waals surface area (Å²) in [5.41, 5.74) is 0. The van der Waals surface area contributed by atoms with E-state index in [1.807, 2.05) is 6.07 Å². The van der Waals surface area contributed by atoms with Crippen molar-refractivity contribution in [3.05, 3.63) is 34.8 Å². The van der Waals surface area contributed by atoms with Crippen LogP contribution in [0.25, 0.3) is 0 Å². The third-order valence-corrected chi connectivity index (χ3v) is 3.24. The van der Waals surface area contributed by atoms with Crippen LogP contribution in [0, 0.1) is 5.82 Å². The summed E-state index contributed by atoms with van der Waals surface area (Å²) in [5.74, 6) is -0.0790. The molecule has 0 atom stereocenters. The van der Waals surface area contributed by atoms with Gasteiger partial charge in [-0.15, -0.1) is 0 Å². The van der Waals surface area contributed by atoms with E-state index in [0.29, 0.717) is 11.0 Å². The van der Waals surface area contributed by atoms with Crippen LogP contribution in [0.2, 0.25) is 0 Å². The SMILES string of the molecule is CNc1ncc(F)c(Sc2ccc(Br)cn2)n1. The normalized spacial score (nSPS) is 10.3. The van der Waals surface area contributed by atoms with E-state index in [4.69, 9.17) is 0 Å². The molecule has 4 nitrogen and oxygen atoms in total. The number of hydrogen-bond donors (Lipinski definition) is 1. The van der Waals surface area contributed by atoms with Gasteiger partial charge in [-0.3, -0.25) is 0 Å². The van der Waals surface area contributed by atoms with Crippen LogP contribution in [0.4, 0.5) is 10.3 Å². The number of pyridine rings is 1. The van der Waals surface area contributed by atoms with Gasteiger partial charge in [-0.25, -0.2) is 19.3 Å². The minimum Gasteiger partial charge on any atom is -0.357 e. The van der Waals surface area contributed by atoms with Crippen LogP contribution in [-0.4, -0.2) is 22.0 Å². The third-order valence-electron chi connectivity index (χ3n) is 1.84. The highest BCUT2D eigenvalue weighted by Gasteiger charge is 2.08. The lowest BCUT2D eigenvalue weighted by atomic mass is 10.5. The molecule has 0 fully saturated rings. The van der Waals surface area contributed by atoms with Gasteiger partial charge < -0.3 is 5.32 Å². The number of rotatable bonds is 3. The third kappa shape index (κ3) is 3.13. The van der Waals surface area contributed by atoms with E-state index in [0.717, 1.165) is 22.4 Å². The minimum atomic E-state index is -0.460. The Morgan fingerprint density at radius 2 is 2.12 bits per heavy atom. The molecule has 0 unspecified atom stereocenters. The summed E-state index contributed by atoms with van der Waals surface area (Å²) in [6, 6.07) is 3.63. The first-order chi connectivity index (χ1) is 8.19. The van der Waals surface area contributed by atoms with Gasteiger partial charge in [-0.1, -0.05) is 0 Å². The lowest BCUT2D eigenvalue weighted by molar-refractivity contribution is 0.580. The van der Waals surface area contributed by atoms with E-state index in [1.165, 1.54) is 0 Å². The Labute approximate surface area is 110 Å². The predicted octanol–water partition coefficient (Wildman–Crippen LogP) is 2.97. The molecule has 2 heterocycles. The van der Waals surface area contributed by atoms with Crippen molar-refractivity contribution in [3.8, 4) is 0 Å². The summed E-state index contributed by atoms with van der Waals surface area (Å²) in [6.07, 6.45) is 2.79. The van der Waals surface area contributed by atoms with E-state index < -0.39 is 5.82 Å². The highest BCUT2D eigenvalue weighted by molar-refractivity contribution is 9.10. The molecule has 0 amide bonds. The zero-order valence-electron chi connectivity index (χ0n) is 8.82. The molecule has 2 rings (SSSR count). The van der Waals surface area contributed by atoms with Crippen molar-refractivity contribution in [1.29, 1.82) is 0 Å². The Kier molecular flexibility index (Phi) is 3.90. The van der Waals surface area contributed by atoms with Gasteiger partial charge >= 0.3 is 0 Å². The van der Waals surface area contributed by atoms with Crippen molar-refractivity contribution in [1.82, 2.24) is 15.0 Å². The standard InChI is InChI=1S/C10H8BrFN4S/c1-13-10-15-5-7(12)9(16-10)17-8-3-2-6(11)4-14-8/h2-5H,1H3,(H,13,15,16). The lowest BCUT2D eigenvalue weighted by Gasteiger charge is -2.03. The van der Waals surface area contributed by atoms with Gasteiger partial charge in [0, 0.05) is 17.7 Å². The molecule has 17 heavy (non-hydrogen) atoms. The van der Waals surface area contributed by atoms with Gasteiger partial charge in [0.15, 0.2) is 5.82 Å². The van der Waals surface area contributed by atoms with Crippen molar-refractivity contribution in [2.45, 2.75) is 10.1 Å². The molecule has 1 N–H and O–H groups in total. The number of nitrogens with zero attached hydrogens (tertiary/aromatic N) is 3. The molecule has 2 aromatic heterocycles. The Hall–Kier alpha value is -1.21. The fourth-order valence-electron chi connectivity index (χ4n) is 1.07. The minimum absolute atomic E-state index is 0.249. The number of aromatic nitrogens is 3. The number of hydrogen-bond acceptors (Lipinski definition) is 5. The smallest absolute Gasteiger partial charge is 0.223 e. The Morgan fingerprint density at radius 3 is 2.76 bits per heavy atom. The Bertz CT molecular complexity index is 520. The first-order valence-corrected chi connectivity index (χ1v) is 6.29. The van der Waals surface area contributed by atoms with Crippen molar-refractivity contribution in [2.24, 2.45) is 0 Å². The van der Waals surface area contributed by atoms with E-state index in [-0.39, 0.29) is 5.03 Å². The summed E-state index contributed by atoms with van der Waals surface area (Å²) in [5, 5.41) is 3.68. The highest BCUT2D eigenvalue weighted by atomic mass is 79.9. The van der Waals surface area contributed by atoms with Crippen LogP contribution in [0.15, 0.2) is 39.1 Å². The predicted molar refractivity (Wildman–Crippen MR) is 67.6 cm³/mol. The van der Waals surface area contributed by atoms with E-state index in [9.17, 15) is 4.39 Å². The molecule has 88 valence electrons. The maximum Gasteiger partial charge on any atom is 0.223 e. The fraction of sp³-hybridized carbons (Fsp3) is 0.100. The number of anilines is 1. The molecule has 0 aliphatic rings. The Balaban J connectivity index is 2.25. The average molecular weight is 315 g/mol. The second kappa shape index (κ2) is 5.42. The maximum absolute atomic E-state index is 13.5. The average Bonchev–Trinajstić information content (AvgIpc) is 2.35. The van der Waals surface area contributed by atoms with Crippen LogP contribution in [-0.2, 0) is 0 Å². The summed E-state index contributed by atoms with van der Waals surface area (Å²) < 4.78 is 14.3. The molecule has 0 bridgehead atoms. The van der Waals surface area contributed by atoms with Crippen LogP contribution < -0.4 is 5.32 Å². The number of halogens is 2. The number of nitrogens with one attached hydrogen (secondary N) is 1. The molecule has 0 saturated carbocycles. The maximum atomic E-state index is 13.5. The van der Waals surface area contributed by atoms with E-state index >= 15 is 0 Å². The monoisotopic (exact) mass is 314 g/mol. The quantitative estimate of drug-likeness (QED) is 0.883. The molecule has 0 aromatic carbocycles. The summed E-state index contributed by atoms with van der Waals surface area (Å²) in [7, 11) is 1.68. The zero-order chi connectivity index (χ0) is 12.3. The van der Waals surface area contributed by atoms with Crippen molar-refractivity contribution in [2.75, 3.05) is 12.4 Å². The second-order valence-corrected chi connectivity index (χ2v) is 4.94. The Morgan fingerprint density at radius 1 is 1.29 bits per heavy atom. The van der Waals surface area contributed by atoms with Gasteiger partial charge in [0.2, 0.25) is 5.95 Å². The van der Waals surface area contributed by atoms with Crippen LogP contribution >= 0.6 is 27.7 Å². The highest BCUT2D eigenvalue weighted by Crippen LogP contribution is 2.27. The van der Waals surface area contributed by atoms with Gasteiger partial charge in [0.05, 0.1) is 6.20 Å². The van der Waals surface area contributed by atoms with Gasteiger partial charge in [-0.05, 0) is 39.8 Å². The van der Waals surface area contributed by atoms with Crippen molar-refractivity contribution in [3.63, 3.8) is 0 Å². The van der Waals surface area contributed by atoms with Gasteiger partial charge in [-0.2, -0.15) is 0 Å². The van der Waals surface area contributed by atoms with E-state index in [1.54, 1.807) is 19.3 Å². The first kappa shape index (κ1) is 12.3. The molecule has 7 heteroatoms. The molecule has 0 radical (unpaired) electrons. The molecule has 2 aromatic rings.